The average Bonchev–Trinajstić information content (AvgIpc) is 2.67. The maximum absolute atomic E-state index is 5.94. The van der Waals surface area contributed by atoms with Gasteiger partial charge in [0.25, 0.3) is 0 Å². The van der Waals surface area contributed by atoms with Crippen molar-refractivity contribution in [3.63, 3.8) is 0 Å². The molecular weight excluding hydrogens is 264 g/mol. The highest BCUT2D eigenvalue weighted by molar-refractivity contribution is 9.09. The van der Waals surface area contributed by atoms with Crippen molar-refractivity contribution in [2.24, 2.45) is 5.92 Å². The van der Waals surface area contributed by atoms with Gasteiger partial charge in [0.2, 0.25) is 0 Å². The summed E-state index contributed by atoms with van der Waals surface area (Å²) in [5.41, 5.74) is 2.72. The molecule has 0 aliphatic carbocycles. The quantitative estimate of drug-likeness (QED) is 0.756. The third kappa shape index (κ3) is 2.79. The van der Waals surface area contributed by atoms with E-state index < -0.39 is 0 Å². The van der Waals surface area contributed by atoms with Gasteiger partial charge in [0.1, 0.15) is 11.9 Å². The lowest BCUT2D eigenvalue weighted by atomic mass is 10.0. The smallest absolute Gasteiger partial charge is 0.123 e. The molecule has 1 nitrogen and oxygen atoms in total. The predicted octanol–water partition coefficient (Wildman–Crippen LogP) is 4.11. The zero-order chi connectivity index (χ0) is 11.5. The first-order chi connectivity index (χ1) is 7.69. The molecule has 0 aromatic heterocycles. The molecule has 16 heavy (non-hydrogen) atoms. The van der Waals surface area contributed by atoms with E-state index in [0.717, 1.165) is 23.4 Å². The molecule has 2 rings (SSSR count). The van der Waals surface area contributed by atoms with Crippen molar-refractivity contribution in [2.45, 2.75) is 39.2 Å². The standard InChI is InChI=1S/C14H19BrO/c1-10-4-6-14-12(7-10)8-13(16-14)5-3-11(2)9-15/h4,6-7,11,13H,3,5,8-9H2,1-2H3. The summed E-state index contributed by atoms with van der Waals surface area (Å²) >= 11 is 3.52. The first-order valence-corrected chi connectivity index (χ1v) is 7.13. The molecule has 88 valence electrons. The number of halogens is 1. The summed E-state index contributed by atoms with van der Waals surface area (Å²) in [6, 6.07) is 6.49. The SMILES string of the molecule is Cc1ccc2c(c1)CC(CCC(C)CBr)O2. The molecule has 0 saturated carbocycles. The highest BCUT2D eigenvalue weighted by Crippen LogP contribution is 2.31. The first kappa shape index (κ1) is 12.0. The molecule has 2 unspecified atom stereocenters. The van der Waals surface area contributed by atoms with Crippen molar-refractivity contribution in [2.75, 3.05) is 5.33 Å². The molecule has 0 spiro atoms. The monoisotopic (exact) mass is 282 g/mol. The molecule has 0 fully saturated rings. The Hall–Kier alpha value is -0.500. The summed E-state index contributed by atoms with van der Waals surface area (Å²) in [6.07, 6.45) is 3.90. The van der Waals surface area contributed by atoms with Crippen LogP contribution in [0.4, 0.5) is 0 Å². The van der Waals surface area contributed by atoms with E-state index in [1.807, 2.05) is 0 Å². The van der Waals surface area contributed by atoms with Gasteiger partial charge in [0.15, 0.2) is 0 Å². The topological polar surface area (TPSA) is 9.23 Å². The van der Waals surface area contributed by atoms with Gasteiger partial charge in [-0.25, -0.2) is 0 Å². The van der Waals surface area contributed by atoms with Gasteiger partial charge in [-0.2, -0.15) is 0 Å². The summed E-state index contributed by atoms with van der Waals surface area (Å²) < 4.78 is 5.94. The second-order valence-corrected chi connectivity index (χ2v) is 5.54. The van der Waals surface area contributed by atoms with E-state index >= 15 is 0 Å². The number of hydrogen-bond donors (Lipinski definition) is 0. The lowest BCUT2D eigenvalue weighted by molar-refractivity contribution is 0.211. The van der Waals surface area contributed by atoms with Gasteiger partial charge in [-0.05, 0) is 37.3 Å². The molecule has 0 bridgehead atoms. The Morgan fingerprint density at radius 2 is 2.31 bits per heavy atom. The fourth-order valence-corrected chi connectivity index (χ4v) is 2.48. The van der Waals surface area contributed by atoms with Crippen molar-refractivity contribution in [1.82, 2.24) is 0 Å². The molecule has 2 heteroatoms. The molecule has 0 amide bonds. The van der Waals surface area contributed by atoms with Crippen LogP contribution < -0.4 is 4.74 Å². The maximum atomic E-state index is 5.94. The molecule has 1 aliphatic rings. The Kier molecular flexibility index (Phi) is 3.91. The minimum atomic E-state index is 0.401. The van der Waals surface area contributed by atoms with Crippen LogP contribution in [-0.2, 0) is 6.42 Å². The van der Waals surface area contributed by atoms with Crippen LogP contribution in [0.2, 0.25) is 0 Å². The summed E-state index contributed by atoms with van der Waals surface area (Å²) in [5.74, 6) is 1.84. The highest BCUT2D eigenvalue weighted by atomic mass is 79.9. The van der Waals surface area contributed by atoms with E-state index in [4.69, 9.17) is 4.74 Å². The van der Waals surface area contributed by atoms with E-state index in [9.17, 15) is 0 Å². The van der Waals surface area contributed by atoms with Gasteiger partial charge in [-0.1, -0.05) is 40.5 Å². The summed E-state index contributed by atoms with van der Waals surface area (Å²) in [6.45, 7) is 4.42. The van der Waals surface area contributed by atoms with Gasteiger partial charge in [-0.3, -0.25) is 0 Å². The Morgan fingerprint density at radius 1 is 1.50 bits per heavy atom. The van der Waals surface area contributed by atoms with E-state index in [1.54, 1.807) is 0 Å². The van der Waals surface area contributed by atoms with Crippen LogP contribution >= 0.6 is 15.9 Å². The van der Waals surface area contributed by atoms with E-state index in [-0.39, 0.29) is 0 Å². The number of hydrogen-bond acceptors (Lipinski definition) is 1. The van der Waals surface area contributed by atoms with Crippen LogP contribution in [0, 0.1) is 12.8 Å². The van der Waals surface area contributed by atoms with Crippen molar-refractivity contribution in [3.8, 4) is 5.75 Å². The summed E-state index contributed by atoms with van der Waals surface area (Å²) in [7, 11) is 0. The number of aryl methyl sites for hydroxylation is 1. The van der Waals surface area contributed by atoms with Crippen LogP contribution in [0.3, 0.4) is 0 Å². The van der Waals surface area contributed by atoms with Crippen molar-refractivity contribution >= 4 is 15.9 Å². The second-order valence-electron chi connectivity index (χ2n) is 4.89. The molecule has 1 aliphatic heterocycles. The van der Waals surface area contributed by atoms with Crippen LogP contribution in [-0.4, -0.2) is 11.4 Å². The first-order valence-electron chi connectivity index (χ1n) is 6.01. The number of ether oxygens (including phenoxy) is 1. The normalized spacial score (nSPS) is 20.3. The predicted molar refractivity (Wildman–Crippen MR) is 71.5 cm³/mol. The second kappa shape index (κ2) is 5.22. The zero-order valence-corrected chi connectivity index (χ0v) is 11.6. The minimum Gasteiger partial charge on any atom is -0.490 e. The van der Waals surface area contributed by atoms with Gasteiger partial charge in [-0.15, -0.1) is 0 Å². The van der Waals surface area contributed by atoms with Crippen molar-refractivity contribution in [3.05, 3.63) is 29.3 Å². The lowest BCUT2D eigenvalue weighted by Gasteiger charge is -2.12. The fourth-order valence-electron chi connectivity index (χ4n) is 2.16. The van der Waals surface area contributed by atoms with Gasteiger partial charge in [0.05, 0.1) is 0 Å². The number of benzene rings is 1. The zero-order valence-electron chi connectivity index (χ0n) is 10.0. The Labute approximate surface area is 106 Å². The van der Waals surface area contributed by atoms with Gasteiger partial charge >= 0.3 is 0 Å². The molecule has 2 atom stereocenters. The Morgan fingerprint density at radius 3 is 3.06 bits per heavy atom. The number of rotatable bonds is 4. The summed E-state index contributed by atoms with van der Waals surface area (Å²) in [4.78, 5) is 0. The molecule has 0 N–H and O–H groups in total. The van der Waals surface area contributed by atoms with Gasteiger partial charge < -0.3 is 4.74 Å². The third-order valence-electron chi connectivity index (χ3n) is 3.20. The van der Waals surface area contributed by atoms with Crippen LogP contribution in [0.5, 0.6) is 5.75 Å². The minimum absolute atomic E-state index is 0.401. The molecule has 1 heterocycles. The van der Waals surface area contributed by atoms with Crippen molar-refractivity contribution < 1.29 is 4.74 Å². The Bertz CT molecular complexity index is 362. The maximum Gasteiger partial charge on any atom is 0.123 e. The lowest BCUT2D eigenvalue weighted by Crippen LogP contribution is -2.14. The van der Waals surface area contributed by atoms with Crippen LogP contribution in [0.25, 0.3) is 0 Å². The van der Waals surface area contributed by atoms with E-state index in [0.29, 0.717) is 6.10 Å². The third-order valence-corrected chi connectivity index (χ3v) is 4.31. The Balaban J connectivity index is 1.90. The molecule has 0 radical (unpaired) electrons. The van der Waals surface area contributed by atoms with Gasteiger partial charge in [0, 0.05) is 11.8 Å². The fraction of sp³-hybridized carbons (Fsp3) is 0.571. The van der Waals surface area contributed by atoms with Crippen LogP contribution in [0.1, 0.15) is 30.9 Å². The molecule has 1 aromatic carbocycles. The molecule has 1 aromatic rings. The largest absolute Gasteiger partial charge is 0.490 e. The molecule has 0 saturated heterocycles. The highest BCUT2D eigenvalue weighted by Gasteiger charge is 2.22. The van der Waals surface area contributed by atoms with Crippen LogP contribution in [0.15, 0.2) is 18.2 Å². The number of alkyl halides is 1. The van der Waals surface area contributed by atoms with E-state index in [1.165, 1.54) is 24.0 Å². The summed E-state index contributed by atoms with van der Waals surface area (Å²) in [5, 5.41) is 1.09. The van der Waals surface area contributed by atoms with Crippen molar-refractivity contribution in [1.29, 1.82) is 0 Å². The average molecular weight is 283 g/mol. The molecular formula is C14H19BrO. The number of fused-ring (bicyclic) bond motifs is 1. The van der Waals surface area contributed by atoms with E-state index in [2.05, 4.69) is 48.0 Å².